The average molecular weight is 373 g/mol. The van der Waals surface area contributed by atoms with Crippen LogP contribution < -0.4 is 15.3 Å². The molecule has 27 heavy (non-hydrogen) atoms. The Labute approximate surface area is 158 Å². The molecule has 1 amide bonds. The molecule has 5 N–H and O–H groups in total. The number of rotatable bonds is 6. The lowest BCUT2D eigenvalue weighted by atomic mass is 9.72. The predicted molar refractivity (Wildman–Crippen MR) is 99.9 cm³/mol. The molecule has 0 unspecified atom stereocenters. The normalized spacial score (nSPS) is 24.3. The van der Waals surface area contributed by atoms with Crippen LogP contribution in [0.1, 0.15) is 48.0 Å². The van der Waals surface area contributed by atoms with E-state index in [1.165, 1.54) is 12.4 Å². The van der Waals surface area contributed by atoms with Crippen molar-refractivity contribution in [3.63, 3.8) is 0 Å². The average Bonchev–Trinajstić information content (AvgIpc) is 2.63. The molecule has 0 radical (unpaired) electrons. The number of aromatic carboxylic acids is 1. The van der Waals surface area contributed by atoms with E-state index in [0.717, 1.165) is 25.7 Å². The fourth-order valence-electron chi connectivity index (χ4n) is 3.90. The van der Waals surface area contributed by atoms with Gasteiger partial charge in [-0.1, -0.05) is 12.1 Å². The van der Waals surface area contributed by atoms with Crippen LogP contribution in [-0.2, 0) is 11.2 Å². The molecule has 1 aliphatic carbocycles. The molecule has 1 saturated carbocycles. The van der Waals surface area contributed by atoms with Gasteiger partial charge in [0.1, 0.15) is 5.75 Å². The van der Waals surface area contributed by atoms with Crippen LogP contribution >= 0.6 is 0 Å². The molecule has 1 fully saturated rings. The Morgan fingerprint density at radius 2 is 2.04 bits per heavy atom. The Morgan fingerprint density at radius 3 is 2.70 bits per heavy atom. The summed E-state index contributed by atoms with van der Waals surface area (Å²) in [5, 5.41) is 32.4. The van der Waals surface area contributed by atoms with Gasteiger partial charge in [-0.25, -0.2) is 4.79 Å². The summed E-state index contributed by atoms with van der Waals surface area (Å²) in [6, 6.07) is 5.11. The third kappa shape index (κ3) is 4.60. The summed E-state index contributed by atoms with van der Waals surface area (Å²) in [5.74, 6) is -1.40. The van der Waals surface area contributed by atoms with E-state index in [0.29, 0.717) is 30.4 Å². The number of fused-ring (bicyclic) bond motifs is 1. The highest BCUT2D eigenvalue weighted by Crippen LogP contribution is 2.30. The fraction of sp³-hybridized carbons (Fsp3) is 0.500. The van der Waals surface area contributed by atoms with Crippen molar-refractivity contribution in [1.29, 1.82) is 5.41 Å². The molecule has 0 bridgehead atoms. The van der Waals surface area contributed by atoms with Crippen molar-refractivity contribution in [2.24, 2.45) is 5.92 Å². The number of amides is 1. The predicted octanol–water partition coefficient (Wildman–Crippen LogP) is 0.970. The van der Waals surface area contributed by atoms with Gasteiger partial charge in [-0.2, -0.15) is 0 Å². The smallest absolute Gasteiger partial charge is 0.534 e. The number of carboxylic acid groups (broad SMARTS) is 1. The summed E-state index contributed by atoms with van der Waals surface area (Å²) in [4.78, 5) is 23.7. The van der Waals surface area contributed by atoms with E-state index in [2.05, 4.69) is 10.6 Å². The lowest BCUT2D eigenvalue weighted by molar-refractivity contribution is -0.122. The second kappa shape index (κ2) is 8.43. The van der Waals surface area contributed by atoms with E-state index >= 15 is 0 Å². The molecule has 0 aromatic heterocycles. The molecule has 1 aliphatic heterocycles. The number of carbonyl (C=O) groups is 2. The minimum Gasteiger partial charge on any atom is -0.534 e. The quantitative estimate of drug-likeness (QED) is 0.287. The number of hydrogen-bond acceptors (Lipinski definition) is 5. The van der Waals surface area contributed by atoms with Gasteiger partial charge in [0, 0.05) is 12.5 Å². The molecule has 1 aromatic carbocycles. The van der Waals surface area contributed by atoms with Crippen LogP contribution in [-0.4, -0.2) is 47.4 Å². The fourth-order valence-corrected chi connectivity index (χ4v) is 3.90. The highest BCUT2D eigenvalue weighted by atomic mass is 16.5. The topological polar surface area (TPSA) is 132 Å². The van der Waals surface area contributed by atoms with Crippen LogP contribution in [0.15, 0.2) is 18.2 Å². The largest absolute Gasteiger partial charge is 0.547 e. The van der Waals surface area contributed by atoms with Gasteiger partial charge in [0.2, 0.25) is 5.91 Å². The van der Waals surface area contributed by atoms with Crippen molar-refractivity contribution in [2.75, 3.05) is 0 Å². The number of carboxylic acids is 1. The standard InChI is InChI=1S/C18H24BN3O5/c20-10-21-13-6-4-11(5-7-13)8-16(23)22-15-9-12-2-1-3-14(18(24)25)17(12)27-19(15)26/h1-3,10-11,13,15,26H,4-9H2,(H2,20,21)(H,22,23)(H,24,25)/t11-,13-,15-/m0/s1. The molecular weight excluding hydrogens is 349 g/mol. The van der Waals surface area contributed by atoms with Crippen LogP contribution in [0.5, 0.6) is 5.75 Å². The number of benzene rings is 1. The Balaban J connectivity index is 1.55. The summed E-state index contributed by atoms with van der Waals surface area (Å²) < 4.78 is 5.40. The zero-order chi connectivity index (χ0) is 19.4. The first kappa shape index (κ1) is 19.2. The van der Waals surface area contributed by atoms with Crippen molar-refractivity contribution in [3.8, 4) is 5.75 Å². The van der Waals surface area contributed by atoms with Gasteiger partial charge < -0.3 is 25.4 Å². The van der Waals surface area contributed by atoms with Crippen molar-refractivity contribution < 1.29 is 24.4 Å². The molecule has 3 rings (SSSR count). The highest BCUT2D eigenvalue weighted by Gasteiger charge is 2.38. The van der Waals surface area contributed by atoms with E-state index in [-0.39, 0.29) is 17.2 Å². The van der Waals surface area contributed by atoms with Gasteiger partial charge in [0.25, 0.3) is 0 Å². The van der Waals surface area contributed by atoms with E-state index in [1.54, 1.807) is 12.1 Å². The van der Waals surface area contributed by atoms with Crippen molar-refractivity contribution in [2.45, 2.75) is 50.5 Å². The monoisotopic (exact) mass is 373 g/mol. The molecule has 9 heteroatoms. The molecule has 0 saturated heterocycles. The van der Waals surface area contributed by atoms with E-state index in [1.807, 2.05) is 0 Å². The summed E-state index contributed by atoms with van der Waals surface area (Å²) in [6.45, 7) is 0. The molecule has 1 aromatic rings. The van der Waals surface area contributed by atoms with Gasteiger partial charge in [-0.3, -0.25) is 10.2 Å². The van der Waals surface area contributed by atoms with Crippen LogP contribution in [0.4, 0.5) is 0 Å². The van der Waals surface area contributed by atoms with Gasteiger partial charge >= 0.3 is 13.1 Å². The molecular formula is C18H24BN3O5. The van der Waals surface area contributed by atoms with Crippen LogP contribution in [0, 0.1) is 11.3 Å². The SMILES string of the molecule is N=CN[C@H]1CC[C@H](CC(=O)N[C@H]2Cc3cccc(C(=O)O)c3OB2O)CC1. The zero-order valence-electron chi connectivity index (χ0n) is 15.0. The van der Waals surface area contributed by atoms with E-state index < -0.39 is 19.0 Å². The molecule has 8 nitrogen and oxygen atoms in total. The lowest BCUT2D eigenvalue weighted by Gasteiger charge is -2.30. The van der Waals surface area contributed by atoms with Crippen molar-refractivity contribution in [1.82, 2.24) is 10.6 Å². The summed E-state index contributed by atoms with van der Waals surface area (Å²) in [5.41, 5.74) is 0.662. The first-order valence-corrected chi connectivity index (χ1v) is 9.22. The maximum absolute atomic E-state index is 12.4. The molecule has 144 valence electrons. The van der Waals surface area contributed by atoms with Gasteiger partial charge in [-0.05, 0) is 49.7 Å². The molecule has 1 heterocycles. The highest BCUT2D eigenvalue weighted by molar-refractivity contribution is 6.47. The number of carbonyl (C=O) groups excluding carboxylic acids is 1. The van der Waals surface area contributed by atoms with Crippen LogP contribution in [0.25, 0.3) is 0 Å². The van der Waals surface area contributed by atoms with Crippen molar-refractivity contribution in [3.05, 3.63) is 29.3 Å². The third-order valence-electron chi connectivity index (χ3n) is 5.34. The number of para-hydroxylation sites is 1. The maximum atomic E-state index is 12.4. The van der Waals surface area contributed by atoms with Crippen molar-refractivity contribution >= 4 is 25.3 Å². The first-order valence-electron chi connectivity index (χ1n) is 9.22. The maximum Gasteiger partial charge on any atom is 0.547 e. The number of nitrogens with one attached hydrogen (secondary N) is 3. The van der Waals surface area contributed by atoms with Crippen LogP contribution in [0.2, 0.25) is 0 Å². The first-order chi connectivity index (χ1) is 13.0. The summed E-state index contributed by atoms with van der Waals surface area (Å²) in [7, 11) is -1.28. The van der Waals surface area contributed by atoms with Gasteiger partial charge in [0.05, 0.1) is 17.8 Å². The summed E-state index contributed by atoms with van der Waals surface area (Å²) in [6.07, 6.45) is 5.65. The van der Waals surface area contributed by atoms with E-state index in [9.17, 15) is 19.7 Å². The molecule has 0 spiro atoms. The Bertz CT molecular complexity index is 721. The zero-order valence-corrected chi connectivity index (χ0v) is 15.0. The lowest BCUT2D eigenvalue weighted by Crippen LogP contribution is -2.53. The minimum atomic E-state index is -1.28. The molecule has 1 atom stereocenters. The summed E-state index contributed by atoms with van der Waals surface area (Å²) >= 11 is 0. The van der Waals surface area contributed by atoms with Gasteiger partial charge in [0.15, 0.2) is 0 Å². The Kier molecular flexibility index (Phi) is 6.00. The molecule has 2 aliphatic rings. The second-order valence-electron chi connectivity index (χ2n) is 7.22. The van der Waals surface area contributed by atoms with Crippen LogP contribution in [0.3, 0.4) is 0 Å². The minimum absolute atomic E-state index is 0.00613. The Morgan fingerprint density at radius 1 is 1.30 bits per heavy atom. The Hall–Kier alpha value is -2.55. The van der Waals surface area contributed by atoms with Gasteiger partial charge in [-0.15, -0.1) is 0 Å². The number of hydrogen-bond donors (Lipinski definition) is 5. The second-order valence-corrected chi connectivity index (χ2v) is 7.22. The van der Waals surface area contributed by atoms with E-state index in [4.69, 9.17) is 10.1 Å². The third-order valence-corrected chi connectivity index (χ3v) is 5.34.